The Morgan fingerprint density at radius 3 is 2.67 bits per heavy atom. The minimum atomic E-state index is -0.915. The number of imidazole rings is 1. The van der Waals surface area contributed by atoms with Crippen LogP contribution in [0.25, 0.3) is 11.0 Å². The van der Waals surface area contributed by atoms with E-state index in [1.165, 1.54) is 6.07 Å². The number of primary amides is 1. The molecule has 2 amide bonds. The molecule has 1 aromatic carbocycles. The van der Waals surface area contributed by atoms with Gasteiger partial charge < -0.3 is 25.3 Å². The van der Waals surface area contributed by atoms with Crippen LogP contribution in [0, 0.1) is 6.92 Å². The van der Waals surface area contributed by atoms with Gasteiger partial charge in [0.15, 0.2) is 0 Å². The van der Waals surface area contributed by atoms with Crippen molar-refractivity contribution in [2.45, 2.75) is 52.8 Å². The minimum Gasteiger partial charge on any atom is -0.491 e. The number of hydrogen-bond acceptors (Lipinski definition) is 7. The van der Waals surface area contributed by atoms with Gasteiger partial charge >= 0.3 is 0 Å². The van der Waals surface area contributed by atoms with Crippen molar-refractivity contribution in [3.63, 3.8) is 0 Å². The Bertz CT molecular complexity index is 1150. The van der Waals surface area contributed by atoms with Crippen molar-refractivity contribution in [2.24, 2.45) is 5.73 Å². The Morgan fingerprint density at radius 2 is 2.03 bits per heavy atom. The second-order valence-electron chi connectivity index (χ2n) is 7.71. The number of amides is 2. The topological polar surface area (TPSA) is 158 Å². The molecule has 0 bridgehead atoms. The second-order valence-corrected chi connectivity index (χ2v) is 7.71. The van der Waals surface area contributed by atoms with Crippen LogP contribution in [0.4, 0.5) is 5.95 Å². The molecule has 11 heteroatoms. The number of anilines is 1. The Balaban J connectivity index is 2.04. The zero-order valence-electron chi connectivity index (χ0n) is 19.0. The predicted octanol–water partition coefficient (Wildman–Crippen LogP) is 1.44. The molecular weight excluding hydrogens is 428 g/mol. The van der Waals surface area contributed by atoms with E-state index in [2.05, 4.69) is 15.4 Å². The molecule has 3 aromatic rings. The average Bonchev–Trinajstić information content (AvgIpc) is 3.33. The van der Waals surface area contributed by atoms with E-state index in [4.69, 9.17) is 15.6 Å². The van der Waals surface area contributed by atoms with Crippen LogP contribution in [0.2, 0.25) is 0 Å². The van der Waals surface area contributed by atoms with Gasteiger partial charge in [-0.05, 0) is 38.5 Å². The average molecular weight is 459 g/mol. The fourth-order valence-corrected chi connectivity index (χ4v) is 3.55. The molecule has 11 nitrogen and oxygen atoms in total. The normalized spacial score (nSPS) is 12.2. The van der Waals surface area contributed by atoms with Crippen molar-refractivity contribution in [3.8, 4) is 5.75 Å². The number of aliphatic hydroxyl groups excluding tert-OH is 2. The maximum atomic E-state index is 13.0. The molecular formula is C22H30N6O5. The SMILES string of the molecule is CCCn1c(NC(=O)c2cc(C)nn2CC)nc2cc(C(N)=O)cc(OCCC(O)CO)c21. The number of ether oxygens (including phenoxy) is 1. The van der Waals surface area contributed by atoms with Gasteiger partial charge in [-0.1, -0.05) is 6.92 Å². The number of aryl methyl sites for hydroxylation is 3. The Hall–Kier alpha value is -3.44. The Morgan fingerprint density at radius 1 is 1.27 bits per heavy atom. The quantitative estimate of drug-likeness (QED) is 0.338. The molecule has 1 unspecified atom stereocenters. The molecule has 2 heterocycles. The summed E-state index contributed by atoms with van der Waals surface area (Å²) in [7, 11) is 0. The minimum absolute atomic E-state index is 0.104. The number of carbonyl (C=O) groups is 2. The predicted molar refractivity (Wildman–Crippen MR) is 122 cm³/mol. The van der Waals surface area contributed by atoms with E-state index in [0.29, 0.717) is 41.5 Å². The van der Waals surface area contributed by atoms with Crippen molar-refractivity contribution in [1.29, 1.82) is 0 Å². The van der Waals surface area contributed by atoms with Crippen molar-refractivity contribution in [2.75, 3.05) is 18.5 Å². The van der Waals surface area contributed by atoms with E-state index in [1.54, 1.807) is 16.8 Å². The number of nitrogens with zero attached hydrogens (tertiary/aromatic N) is 4. The first-order valence-corrected chi connectivity index (χ1v) is 10.9. The lowest BCUT2D eigenvalue weighted by Crippen LogP contribution is -2.20. The lowest BCUT2D eigenvalue weighted by atomic mass is 10.1. The summed E-state index contributed by atoms with van der Waals surface area (Å²) in [6, 6.07) is 4.78. The van der Waals surface area contributed by atoms with Crippen LogP contribution in [0.3, 0.4) is 0 Å². The summed E-state index contributed by atoms with van der Waals surface area (Å²) in [5, 5.41) is 25.8. The highest BCUT2D eigenvalue weighted by atomic mass is 16.5. The van der Waals surface area contributed by atoms with E-state index in [1.807, 2.05) is 25.3 Å². The first-order chi connectivity index (χ1) is 15.8. The van der Waals surface area contributed by atoms with Gasteiger partial charge in [0.2, 0.25) is 11.9 Å². The van der Waals surface area contributed by atoms with Crippen molar-refractivity contribution < 1.29 is 24.5 Å². The number of fused-ring (bicyclic) bond motifs is 1. The van der Waals surface area contributed by atoms with E-state index >= 15 is 0 Å². The van der Waals surface area contributed by atoms with Gasteiger partial charge in [0, 0.05) is 25.1 Å². The lowest BCUT2D eigenvalue weighted by Gasteiger charge is -2.14. The van der Waals surface area contributed by atoms with Crippen LogP contribution in [0.15, 0.2) is 18.2 Å². The molecule has 0 fully saturated rings. The number of benzene rings is 1. The maximum absolute atomic E-state index is 13.0. The summed E-state index contributed by atoms with van der Waals surface area (Å²) < 4.78 is 9.28. The molecule has 178 valence electrons. The van der Waals surface area contributed by atoms with Crippen LogP contribution in [-0.2, 0) is 13.1 Å². The summed E-state index contributed by atoms with van der Waals surface area (Å²) >= 11 is 0. The molecule has 5 N–H and O–H groups in total. The Labute approximate surface area is 191 Å². The molecule has 33 heavy (non-hydrogen) atoms. The standard InChI is InChI=1S/C22H30N6O5/c1-4-7-27-19-16(10-14(20(23)31)11-18(19)33-8-6-15(30)12-29)24-22(27)25-21(32)17-9-13(3)26-28(17)5-2/h9-11,15,29-30H,4-8,12H2,1-3H3,(H2,23,31)(H,24,25,32). The van der Waals surface area contributed by atoms with Crippen molar-refractivity contribution in [1.82, 2.24) is 19.3 Å². The summed E-state index contributed by atoms with van der Waals surface area (Å²) in [5.41, 5.74) is 7.87. The largest absolute Gasteiger partial charge is 0.491 e. The number of aliphatic hydroxyl groups is 2. The lowest BCUT2D eigenvalue weighted by molar-refractivity contribution is 0.0755. The number of rotatable bonds is 11. The number of nitrogens with one attached hydrogen (secondary N) is 1. The smallest absolute Gasteiger partial charge is 0.276 e. The third-order valence-corrected chi connectivity index (χ3v) is 5.12. The third-order valence-electron chi connectivity index (χ3n) is 5.12. The van der Waals surface area contributed by atoms with E-state index in [-0.39, 0.29) is 31.1 Å². The van der Waals surface area contributed by atoms with Gasteiger partial charge in [-0.25, -0.2) is 4.98 Å². The fraction of sp³-hybridized carbons (Fsp3) is 0.455. The van der Waals surface area contributed by atoms with E-state index in [9.17, 15) is 14.7 Å². The molecule has 0 saturated carbocycles. The van der Waals surface area contributed by atoms with Crippen molar-refractivity contribution >= 4 is 28.8 Å². The Kier molecular flexibility index (Phi) is 7.67. The highest BCUT2D eigenvalue weighted by Gasteiger charge is 2.21. The first kappa shape index (κ1) is 24.2. The van der Waals surface area contributed by atoms with Gasteiger partial charge in [-0.3, -0.25) is 19.6 Å². The van der Waals surface area contributed by atoms with Crippen LogP contribution < -0.4 is 15.8 Å². The van der Waals surface area contributed by atoms with Crippen LogP contribution in [-0.4, -0.2) is 60.7 Å². The van der Waals surface area contributed by atoms with Crippen LogP contribution >= 0.6 is 0 Å². The summed E-state index contributed by atoms with van der Waals surface area (Å²) in [4.78, 5) is 29.4. The van der Waals surface area contributed by atoms with Crippen molar-refractivity contribution in [3.05, 3.63) is 35.2 Å². The first-order valence-electron chi connectivity index (χ1n) is 10.9. The summed E-state index contributed by atoms with van der Waals surface area (Å²) in [6.45, 7) is 6.51. The van der Waals surface area contributed by atoms with E-state index < -0.39 is 12.0 Å². The zero-order chi connectivity index (χ0) is 24.1. The molecule has 0 spiro atoms. The molecule has 1 atom stereocenters. The summed E-state index contributed by atoms with van der Waals surface area (Å²) in [5.74, 6) is -0.341. The second kappa shape index (κ2) is 10.5. The highest BCUT2D eigenvalue weighted by Crippen LogP contribution is 2.31. The van der Waals surface area contributed by atoms with Crippen LogP contribution in [0.1, 0.15) is 53.2 Å². The number of hydrogen-bond donors (Lipinski definition) is 4. The van der Waals surface area contributed by atoms with Crippen LogP contribution in [0.5, 0.6) is 5.75 Å². The number of aromatic nitrogens is 4. The van der Waals surface area contributed by atoms with Gasteiger partial charge in [0.05, 0.1) is 30.5 Å². The fourth-order valence-electron chi connectivity index (χ4n) is 3.55. The summed E-state index contributed by atoms with van der Waals surface area (Å²) in [6.07, 6.45) is 0.0349. The molecule has 2 aromatic heterocycles. The van der Waals surface area contributed by atoms with Gasteiger partial charge in [-0.2, -0.15) is 5.10 Å². The molecule has 0 radical (unpaired) electrons. The monoisotopic (exact) mass is 458 g/mol. The zero-order valence-corrected chi connectivity index (χ0v) is 19.0. The molecule has 3 rings (SSSR count). The van der Waals surface area contributed by atoms with Gasteiger partial charge in [0.25, 0.3) is 5.91 Å². The highest BCUT2D eigenvalue weighted by molar-refractivity contribution is 6.04. The molecule has 0 saturated heterocycles. The van der Waals surface area contributed by atoms with E-state index in [0.717, 1.165) is 12.1 Å². The third kappa shape index (κ3) is 5.32. The maximum Gasteiger partial charge on any atom is 0.276 e. The molecule has 0 aliphatic rings. The number of carbonyl (C=O) groups excluding carboxylic acids is 2. The molecule has 0 aliphatic carbocycles. The van der Waals surface area contributed by atoms with Gasteiger partial charge in [-0.15, -0.1) is 0 Å². The molecule has 0 aliphatic heterocycles. The number of nitrogens with two attached hydrogens (primary N) is 1. The van der Waals surface area contributed by atoms with Gasteiger partial charge in [0.1, 0.15) is 17.0 Å².